The fraction of sp³-hybridized carbons (Fsp3) is 0.647. The molecule has 22 heavy (non-hydrogen) atoms. The minimum absolute atomic E-state index is 0.903. The van der Waals surface area contributed by atoms with Crippen molar-refractivity contribution >= 4 is 0 Å². The van der Waals surface area contributed by atoms with Crippen LogP contribution in [0.25, 0.3) is 0 Å². The van der Waals surface area contributed by atoms with Gasteiger partial charge in [0, 0.05) is 12.7 Å². The molecule has 0 atom stereocenters. The monoisotopic (exact) mass is 307 g/mol. The van der Waals surface area contributed by atoms with Crippen LogP contribution in [0.2, 0.25) is 0 Å². The smallest absolute Gasteiger partial charge is 0.0692 e. The molecule has 126 valence electrons. The molecule has 0 bridgehead atoms. The fourth-order valence-electron chi connectivity index (χ4n) is 1.02. The van der Waals surface area contributed by atoms with Crippen LogP contribution in [0.1, 0.15) is 65.8 Å². The van der Waals surface area contributed by atoms with Gasteiger partial charge in [0.25, 0.3) is 0 Å². The molecular formula is C17H33N5. The van der Waals surface area contributed by atoms with Crippen LogP contribution in [0.5, 0.6) is 0 Å². The van der Waals surface area contributed by atoms with Gasteiger partial charge >= 0.3 is 0 Å². The molecule has 0 fully saturated rings. The van der Waals surface area contributed by atoms with E-state index in [9.17, 15) is 0 Å². The van der Waals surface area contributed by atoms with Crippen LogP contribution in [-0.4, -0.2) is 25.2 Å². The Morgan fingerprint density at radius 3 is 1.77 bits per heavy atom. The number of aromatic nitrogens is 5. The van der Waals surface area contributed by atoms with E-state index in [1.54, 1.807) is 10.9 Å². The van der Waals surface area contributed by atoms with Gasteiger partial charge in [0.15, 0.2) is 0 Å². The molecule has 0 amide bonds. The van der Waals surface area contributed by atoms with E-state index in [0.29, 0.717) is 0 Å². The summed E-state index contributed by atoms with van der Waals surface area (Å²) in [6.07, 6.45) is 6.97. The third-order valence-corrected chi connectivity index (χ3v) is 2.01. The normalized spacial score (nSPS) is 8.50. The lowest BCUT2D eigenvalue weighted by atomic mass is 10.3. The van der Waals surface area contributed by atoms with Gasteiger partial charge in [-0.2, -0.15) is 10.2 Å². The third kappa shape index (κ3) is 14.6. The van der Waals surface area contributed by atoms with E-state index < -0.39 is 0 Å². The van der Waals surface area contributed by atoms with Crippen LogP contribution in [0.15, 0.2) is 24.5 Å². The first-order chi connectivity index (χ1) is 10.6. The maximum absolute atomic E-state index is 3.95. The molecule has 0 unspecified atom stereocenters. The van der Waals surface area contributed by atoms with Crippen molar-refractivity contribution in [3.8, 4) is 0 Å². The number of aryl methyl sites for hydroxylation is 3. The van der Waals surface area contributed by atoms with E-state index in [0.717, 1.165) is 24.4 Å². The average Bonchev–Trinajstić information content (AvgIpc) is 3.04. The molecule has 5 nitrogen and oxygen atoms in total. The Bertz CT molecular complexity index is 407. The molecule has 2 rings (SSSR count). The number of nitrogens with zero attached hydrogens (tertiary/aromatic N) is 5. The van der Waals surface area contributed by atoms with Gasteiger partial charge in [-0.05, 0) is 32.4 Å². The Hall–Kier alpha value is -1.78. The summed E-state index contributed by atoms with van der Waals surface area (Å²) in [6.45, 7) is 15.4. The molecule has 2 aromatic rings. The van der Waals surface area contributed by atoms with Crippen molar-refractivity contribution in [3.63, 3.8) is 0 Å². The van der Waals surface area contributed by atoms with Crippen molar-refractivity contribution < 1.29 is 0 Å². The van der Waals surface area contributed by atoms with Crippen LogP contribution in [0.3, 0.4) is 0 Å². The number of rotatable bonds is 2. The molecular weight excluding hydrogens is 274 g/mol. The van der Waals surface area contributed by atoms with Crippen molar-refractivity contribution in [3.05, 3.63) is 35.9 Å². The fourth-order valence-corrected chi connectivity index (χ4v) is 1.02. The molecule has 0 aromatic carbocycles. The second kappa shape index (κ2) is 17.3. The standard InChI is InChI=1S/C7H10N2.C4H7N3.2C3H8/c1-3-7-5-4-6(2)8-9-7;1-2-7-4-3-5-6-7;2*1-3-2/h4-5H,3H2,1-2H3;3-4H,2H2,1H3;2*3H2,1-2H3. The highest BCUT2D eigenvalue weighted by atomic mass is 15.4. The van der Waals surface area contributed by atoms with Crippen LogP contribution in [0.4, 0.5) is 0 Å². The molecule has 0 N–H and O–H groups in total. The lowest BCUT2D eigenvalue weighted by Gasteiger charge is -1.91. The van der Waals surface area contributed by atoms with Gasteiger partial charge in [-0.25, -0.2) is 0 Å². The first kappa shape index (κ1) is 22.5. The quantitative estimate of drug-likeness (QED) is 0.821. The summed E-state index contributed by atoms with van der Waals surface area (Å²) in [7, 11) is 0. The number of hydrogen-bond donors (Lipinski definition) is 0. The van der Waals surface area contributed by atoms with Gasteiger partial charge in [-0.15, -0.1) is 5.10 Å². The highest BCUT2D eigenvalue weighted by Crippen LogP contribution is 1.94. The molecule has 0 saturated carbocycles. The highest BCUT2D eigenvalue weighted by Gasteiger charge is 1.88. The van der Waals surface area contributed by atoms with E-state index in [4.69, 9.17) is 0 Å². The topological polar surface area (TPSA) is 56.5 Å². The molecule has 2 heterocycles. The second-order valence-electron chi connectivity index (χ2n) is 4.69. The maximum atomic E-state index is 3.95. The lowest BCUT2D eigenvalue weighted by Crippen LogP contribution is -1.92. The van der Waals surface area contributed by atoms with Gasteiger partial charge in [0.05, 0.1) is 17.6 Å². The molecule has 0 aliphatic carbocycles. The second-order valence-corrected chi connectivity index (χ2v) is 4.69. The first-order valence-electron chi connectivity index (χ1n) is 8.22. The summed E-state index contributed by atoms with van der Waals surface area (Å²) in [4.78, 5) is 0. The summed E-state index contributed by atoms with van der Waals surface area (Å²) in [5.74, 6) is 0. The molecule has 0 aliphatic rings. The van der Waals surface area contributed by atoms with Crippen LogP contribution in [-0.2, 0) is 13.0 Å². The summed E-state index contributed by atoms with van der Waals surface area (Å²) >= 11 is 0. The Labute approximate surface area is 136 Å². The summed E-state index contributed by atoms with van der Waals surface area (Å²) < 4.78 is 1.76. The molecule has 0 saturated heterocycles. The Morgan fingerprint density at radius 2 is 1.50 bits per heavy atom. The largest absolute Gasteiger partial charge is 0.253 e. The Kier molecular flexibility index (Phi) is 17.7. The molecule has 0 aliphatic heterocycles. The summed E-state index contributed by atoms with van der Waals surface area (Å²) in [5, 5.41) is 15.2. The zero-order valence-electron chi connectivity index (χ0n) is 15.4. The van der Waals surface area contributed by atoms with E-state index in [1.807, 2.05) is 32.2 Å². The van der Waals surface area contributed by atoms with Gasteiger partial charge in [-0.1, -0.05) is 52.7 Å². The number of hydrogen-bond acceptors (Lipinski definition) is 4. The van der Waals surface area contributed by atoms with Gasteiger partial charge in [0.2, 0.25) is 0 Å². The van der Waals surface area contributed by atoms with E-state index in [2.05, 4.69) is 55.1 Å². The van der Waals surface area contributed by atoms with Crippen LogP contribution in [0, 0.1) is 6.92 Å². The van der Waals surface area contributed by atoms with Crippen molar-refractivity contribution in [2.45, 2.75) is 74.3 Å². The molecule has 2 aromatic heterocycles. The predicted octanol–water partition coefficient (Wildman–Crippen LogP) is 4.48. The molecule has 5 heteroatoms. The van der Waals surface area contributed by atoms with Crippen molar-refractivity contribution in [1.29, 1.82) is 0 Å². The minimum Gasteiger partial charge on any atom is -0.253 e. The molecule has 0 radical (unpaired) electrons. The van der Waals surface area contributed by atoms with Gasteiger partial charge in [-0.3, -0.25) is 4.68 Å². The van der Waals surface area contributed by atoms with Crippen LogP contribution < -0.4 is 0 Å². The average molecular weight is 307 g/mol. The van der Waals surface area contributed by atoms with Crippen molar-refractivity contribution in [1.82, 2.24) is 25.2 Å². The third-order valence-electron chi connectivity index (χ3n) is 2.01. The minimum atomic E-state index is 0.903. The molecule has 0 spiro atoms. The highest BCUT2D eigenvalue weighted by molar-refractivity contribution is 5.04. The van der Waals surface area contributed by atoms with Gasteiger partial charge in [0.1, 0.15) is 0 Å². The summed E-state index contributed by atoms with van der Waals surface area (Å²) in [6, 6.07) is 3.98. The van der Waals surface area contributed by atoms with E-state index in [1.165, 1.54) is 12.8 Å². The SMILES string of the molecule is CCC.CCC.CCc1ccc(C)nn1.CCn1ccnn1. The Balaban J connectivity index is 0. The summed E-state index contributed by atoms with van der Waals surface area (Å²) in [5.41, 5.74) is 2.04. The van der Waals surface area contributed by atoms with E-state index in [-0.39, 0.29) is 0 Å². The first-order valence-corrected chi connectivity index (χ1v) is 8.22. The Morgan fingerprint density at radius 1 is 0.909 bits per heavy atom. The predicted molar refractivity (Wildman–Crippen MR) is 93.8 cm³/mol. The maximum Gasteiger partial charge on any atom is 0.0692 e. The van der Waals surface area contributed by atoms with Gasteiger partial charge < -0.3 is 0 Å². The van der Waals surface area contributed by atoms with Crippen LogP contribution >= 0.6 is 0 Å². The zero-order valence-corrected chi connectivity index (χ0v) is 15.4. The van der Waals surface area contributed by atoms with Crippen molar-refractivity contribution in [2.24, 2.45) is 0 Å². The zero-order chi connectivity index (χ0) is 17.2. The van der Waals surface area contributed by atoms with Crippen molar-refractivity contribution in [2.75, 3.05) is 0 Å². The van der Waals surface area contributed by atoms with E-state index >= 15 is 0 Å². The lowest BCUT2D eigenvalue weighted by molar-refractivity contribution is 0.627.